The van der Waals surface area contributed by atoms with Gasteiger partial charge >= 0.3 is 0 Å². The highest BCUT2D eigenvalue weighted by Gasteiger charge is 2.28. The molecule has 2 N–H and O–H groups in total. The highest BCUT2D eigenvalue weighted by atomic mass is 16.3. The van der Waals surface area contributed by atoms with Crippen LogP contribution >= 0.6 is 0 Å². The van der Waals surface area contributed by atoms with Crippen LogP contribution in [0.5, 0.6) is 0 Å². The first-order chi connectivity index (χ1) is 7.53. The molecule has 0 aromatic carbocycles. The van der Waals surface area contributed by atoms with Crippen molar-refractivity contribution in [2.24, 2.45) is 11.3 Å². The van der Waals surface area contributed by atoms with Gasteiger partial charge in [-0.1, -0.05) is 20.3 Å². The lowest BCUT2D eigenvalue weighted by atomic mass is 9.71. The zero-order valence-corrected chi connectivity index (χ0v) is 10.6. The number of nitrogens with one attached hydrogen (secondary N) is 1. The standard InChI is InChI=1S/C13H25NO2/c1-13(2)6-3-5-11(10-13)9-12(16)14-7-4-8-15/h11,15H,3-10H2,1-2H3,(H,14,16). The molecule has 0 saturated heterocycles. The Kier molecular flexibility index (Phi) is 5.26. The summed E-state index contributed by atoms with van der Waals surface area (Å²) >= 11 is 0. The number of hydrogen-bond acceptors (Lipinski definition) is 2. The maximum absolute atomic E-state index is 11.6. The van der Waals surface area contributed by atoms with Gasteiger partial charge in [-0.3, -0.25) is 4.79 Å². The van der Waals surface area contributed by atoms with Gasteiger partial charge in [0, 0.05) is 19.6 Å². The zero-order valence-electron chi connectivity index (χ0n) is 10.6. The van der Waals surface area contributed by atoms with Gasteiger partial charge in [0.25, 0.3) is 0 Å². The van der Waals surface area contributed by atoms with Crippen LogP contribution in [0.3, 0.4) is 0 Å². The summed E-state index contributed by atoms with van der Waals surface area (Å²) in [6, 6.07) is 0. The van der Waals surface area contributed by atoms with Gasteiger partial charge in [-0.2, -0.15) is 0 Å². The molecule has 0 heterocycles. The molecule has 1 aliphatic carbocycles. The molecule has 1 saturated carbocycles. The van der Waals surface area contributed by atoms with Crippen LogP contribution in [0.15, 0.2) is 0 Å². The largest absolute Gasteiger partial charge is 0.396 e. The fourth-order valence-corrected chi connectivity index (χ4v) is 2.67. The molecule has 0 spiro atoms. The van der Waals surface area contributed by atoms with Crippen LogP contribution in [0.1, 0.15) is 52.4 Å². The first-order valence-corrected chi connectivity index (χ1v) is 6.41. The summed E-state index contributed by atoms with van der Waals surface area (Å²) in [5.74, 6) is 0.703. The van der Waals surface area contributed by atoms with Gasteiger partial charge in [-0.05, 0) is 37.0 Å². The molecule has 1 unspecified atom stereocenters. The third-order valence-corrected chi connectivity index (χ3v) is 3.44. The Hall–Kier alpha value is -0.570. The van der Waals surface area contributed by atoms with Gasteiger partial charge in [-0.25, -0.2) is 0 Å². The molecule has 0 aromatic rings. The van der Waals surface area contributed by atoms with Crippen molar-refractivity contribution >= 4 is 5.91 Å². The molecular weight excluding hydrogens is 202 g/mol. The molecule has 0 aromatic heterocycles. The molecule has 1 rings (SSSR count). The summed E-state index contributed by atoms with van der Waals surface area (Å²) in [5, 5.41) is 11.5. The molecule has 0 radical (unpaired) electrons. The lowest BCUT2D eigenvalue weighted by Crippen LogP contribution is -2.30. The van der Waals surface area contributed by atoms with E-state index in [0.29, 0.717) is 30.7 Å². The van der Waals surface area contributed by atoms with Crippen molar-refractivity contribution in [2.45, 2.75) is 52.4 Å². The average Bonchev–Trinajstić information content (AvgIpc) is 2.16. The number of aliphatic hydroxyl groups excluding tert-OH is 1. The van der Waals surface area contributed by atoms with Crippen molar-refractivity contribution in [2.75, 3.05) is 13.2 Å². The number of rotatable bonds is 5. The Balaban J connectivity index is 2.23. The van der Waals surface area contributed by atoms with Crippen LogP contribution < -0.4 is 5.32 Å². The van der Waals surface area contributed by atoms with Crippen LogP contribution in [0, 0.1) is 11.3 Å². The maximum Gasteiger partial charge on any atom is 0.220 e. The van der Waals surface area contributed by atoms with Gasteiger partial charge in [0.15, 0.2) is 0 Å². The molecule has 3 heteroatoms. The van der Waals surface area contributed by atoms with Gasteiger partial charge in [-0.15, -0.1) is 0 Å². The van der Waals surface area contributed by atoms with E-state index in [-0.39, 0.29) is 12.5 Å². The third kappa shape index (κ3) is 4.97. The van der Waals surface area contributed by atoms with E-state index in [2.05, 4.69) is 19.2 Å². The van der Waals surface area contributed by atoms with Gasteiger partial charge in [0.2, 0.25) is 5.91 Å². The van der Waals surface area contributed by atoms with Crippen LogP contribution in [-0.4, -0.2) is 24.2 Å². The fourth-order valence-electron chi connectivity index (χ4n) is 2.67. The summed E-state index contributed by atoms with van der Waals surface area (Å²) in [7, 11) is 0. The van der Waals surface area contributed by atoms with Crippen molar-refractivity contribution < 1.29 is 9.90 Å². The van der Waals surface area contributed by atoms with E-state index in [1.54, 1.807) is 0 Å². The predicted octanol–water partition coefficient (Wildman–Crippen LogP) is 2.09. The van der Waals surface area contributed by atoms with Crippen molar-refractivity contribution in [3.05, 3.63) is 0 Å². The quantitative estimate of drug-likeness (QED) is 0.707. The molecule has 0 aliphatic heterocycles. The minimum Gasteiger partial charge on any atom is -0.396 e. The van der Waals surface area contributed by atoms with E-state index in [0.717, 1.165) is 0 Å². The van der Waals surface area contributed by atoms with E-state index in [9.17, 15) is 4.79 Å². The first-order valence-electron chi connectivity index (χ1n) is 6.41. The summed E-state index contributed by atoms with van der Waals surface area (Å²) in [6.45, 7) is 5.34. The predicted molar refractivity (Wildman–Crippen MR) is 65.1 cm³/mol. The zero-order chi connectivity index (χ0) is 12.0. The lowest BCUT2D eigenvalue weighted by Gasteiger charge is -2.34. The monoisotopic (exact) mass is 227 g/mol. The van der Waals surface area contributed by atoms with Crippen molar-refractivity contribution in [3.8, 4) is 0 Å². The van der Waals surface area contributed by atoms with E-state index in [1.807, 2.05) is 0 Å². The second-order valence-corrected chi connectivity index (χ2v) is 5.76. The maximum atomic E-state index is 11.6. The fraction of sp³-hybridized carbons (Fsp3) is 0.923. The van der Waals surface area contributed by atoms with E-state index in [1.165, 1.54) is 25.7 Å². The molecule has 1 amide bonds. The van der Waals surface area contributed by atoms with Crippen LogP contribution in [0.2, 0.25) is 0 Å². The highest BCUT2D eigenvalue weighted by molar-refractivity contribution is 5.76. The van der Waals surface area contributed by atoms with Crippen molar-refractivity contribution in [3.63, 3.8) is 0 Å². The third-order valence-electron chi connectivity index (χ3n) is 3.44. The normalized spacial score (nSPS) is 24.1. The Labute approximate surface area is 98.6 Å². The van der Waals surface area contributed by atoms with Gasteiger partial charge in [0.05, 0.1) is 0 Å². The molecule has 1 atom stereocenters. The van der Waals surface area contributed by atoms with Crippen LogP contribution in [0.4, 0.5) is 0 Å². The van der Waals surface area contributed by atoms with E-state index >= 15 is 0 Å². The number of aliphatic hydroxyl groups is 1. The second-order valence-electron chi connectivity index (χ2n) is 5.76. The van der Waals surface area contributed by atoms with Crippen molar-refractivity contribution in [1.82, 2.24) is 5.32 Å². The van der Waals surface area contributed by atoms with Gasteiger partial charge < -0.3 is 10.4 Å². The topological polar surface area (TPSA) is 49.3 Å². The summed E-state index contributed by atoms with van der Waals surface area (Å²) < 4.78 is 0. The highest BCUT2D eigenvalue weighted by Crippen LogP contribution is 2.39. The Bertz CT molecular complexity index is 226. The van der Waals surface area contributed by atoms with E-state index < -0.39 is 0 Å². The van der Waals surface area contributed by atoms with Gasteiger partial charge in [0.1, 0.15) is 0 Å². The molecule has 3 nitrogen and oxygen atoms in total. The first kappa shape index (κ1) is 13.5. The minimum atomic E-state index is 0.149. The lowest BCUT2D eigenvalue weighted by molar-refractivity contribution is -0.122. The Morgan fingerprint density at radius 1 is 1.50 bits per heavy atom. The number of hydrogen-bond donors (Lipinski definition) is 2. The molecule has 94 valence electrons. The molecule has 1 fully saturated rings. The number of carbonyl (C=O) groups excluding carboxylic acids is 1. The SMILES string of the molecule is CC1(C)CCCC(CC(=O)NCCCO)C1. The summed E-state index contributed by atoms with van der Waals surface area (Å²) in [6.07, 6.45) is 6.21. The molecular formula is C13H25NO2. The number of amides is 1. The van der Waals surface area contributed by atoms with Crippen molar-refractivity contribution in [1.29, 1.82) is 0 Å². The second kappa shape index (κ2) is 6.24. The molecule has 16 heavy (non-hydrogen) atoms. The summed E-state index contributed by atoms with van der Waals surface area (Å²) in [4.78, 5) is 11.6. The van der Waals surface area contributed by atoms with Crippen LogP contribution in [-0.2, 0) is 4.79 Å². The summed E-state index contributed by atoms with van der Waals surface area (Å²) in [5.41, 5.74) is 0.411. The Morgan fingerprint density at radius 3 is 2.88 bits per heavy atom. The van der Waals surface area contributed by atoms with E-state index in [4.69, 9.17) is 5.11 Å². The Morgan fingerprint density at radius 2 is 2.25 bits per heavy atom. The molecule has 1 aliphatic rings. The smallest absolute Gasteiger partial charge is 0.220 e. The van der Waals surface area contributed by atoms with Crippen LogP contribution in [0.25, 0.3) is 0 Å². The average molecular weight is 227 g/mol. The molecule has 0 bridgehead atoms. The minimum absolute atomic E-state index is 0.149. The number of carbonyl (C=O) groups is 1.